The van der Waals surface area contributed by atoms with Crippen LogP contribution in [0.1, 0.15) is 24.3 Å². The van der Waals surface area contributed by atoms with E-state index in [1.165, 1.54) is 5.56 Å². The van der Waals surface area contributed by atoms with Crippen molar-refractivity contribution in [1.82, 2.24) is 15.2 Å². The Kier molecular flexibility index (Phi) is 4.30. The number of nitrogens with zero attached hydrogens (tertiary/aromatic N) is 2. The van der Waals surface area contributed by atoms with Crippen LogP contribution in [0.15, 0.2) is 61.1 Å². The smallest absolute Gasteiger partial charge is 0.0988 e. The number of aromatic amines is 1. The number of aromatic nitrogens is 3. The van der Waals surface area contributed by atoms with Gasteiger partial charge in [0.2, 0.25) is 0 Å². The quantitative estimate of drug-likeness (QED) is 0.758. The second-order valence-electron chi connectivity index (χ2n) is 5.55. The Morgan fingerprint density at radius 1 is 1.09 bits per heavy atom. The third kappa shape index (κ3) is 3.07. The van der Waals surface area contributed by atoms with Gasteiger partial charge in [-0.2, -0.15) is 5.10 Å². The maximum Gasteiger partial charge on any atom is 0.0988 e. The summed E-state index contributed by atoms with van der Waals surface area (Å²) in [5.74, 6) is 0.0865. The lowest BCUT2D eigenvalue weighted by atomic mass is 9.91. The molecule has 0 saturated heterocycles. The molecule has 0 aliphatic heterocycles. The van der Waals surface area contributed by atoms with Gasteiger partial charge in [-0.25, -0.2) is 0 Å². The molecule has 2 heterocycles. The van der Waals surface area contributed by atoms with E-state index in [-0.39, 0.29) is 5.92 Å². The first-order valence-electron chi connectivity index (χ1n) is 7.41. The van der Waals surface area contributed by atoms with Crippen LogP contribution >= 0.6 is 0 Å². The summed E-state index contributed by atoms with van der Waals surface area (Å²) in [6, 6.07) is 14.0. The highest BCUT2D eigenvalue weighted by molar-refractivity contribution is 5.64. The lowest BCUT2D eigenvalue weighted by molar-refractivity contribution is 0.114. The Balaban J connectivity index is 1.81. The highest BCUT2D eigenvalue weighted by Crippen LogP contribution is 2.31. The molecule has 2 N–H and O–H groups in total. The summed E-state index contributed by atoms with van der Waals surface area (Å²) < 4.78 is 0. The van der Waals surface area contributed by atoms with Crippen LogP contribution in [0.3, 0.4) is 0 Å². The first kappa shape index (κ1) is 14.5. The molecule has 112 valence electrons. The zero-order valence-electron chi connectivity index (χ0n) is 12.5. The Morgan fingerprint density at radius 2 is 1.82 bits per heavy atom. The van der Waals surface area contributed by atoms with Crippen molar-refractivity contribution in [1.29, 1.82) is 0 Å². The van der Waals surface area contributed by atoms with Crippen molar-refractivity contribution in [3.8, 4) is 11.1 Å². The highest BCUT2D eigenvalue weighted by atomic mass is 16.3. The summed E-state index contributed by atoms with van der Waals surface area (Å²) in [5, 5.41) is 17.7. The fourth-order valence-corrected chi connectivity index (χ4v) is 2.67. The minimum atomic E-state index is -0.592. The van der Waals surface area contributed by atoms with Gasteiger partial charge in [-0.05, 0) is 35.6 Å². The molecule has 0 amide bonds. The first-order valence-corrected chi connectivity index (χ1v) is 7.41. The van der Waals surface area contributed by atoms with Gasteiger partial charge >= 0.3 is 0 Å². The molecular weight excluding hydrogens is 274 g/mol. The average molecular weight is 293 g/mol. The van der Waals surface area contributed by atoms with Crippen LogP contribution in [0.25, 0.3) is 11.1 Å². The van der Waals surface area contributed by atoms with E-state index < -0.39 is 6.10 Å². The Labute approximate surface area is 129 Å². The summed E-state index contributed by atoms with van der Waals surface area (Å²) >= 11 is 0. The first-order chi connectivity index (χ1) is 10.8. The van der Waals surface area contributed by atoms with E-state index in [0.717, 1.165) is 23.2 Å². The van der Waals surface area contributed by atoms with Crippen molar-refractivity contribution in [3.63, 3.8) is 0 Å². The summed E-state index contributed by atoms with van der Waals surface area (Å²) in [6.07, 6.45) is 5.46. The van der Waals surface area contributed by atoms with E-state index in [4.69, 9.17) is 0 Å². The van der Waals surface area contributed by atoms with Gasteiger partial charge in [0.25, 0.3) is 0 Å². The molecule has 2 aromatic heterocycles. The molecule has 0 bridgehead atoms. The van der Waals surface area contributed by atoms with Crippen molar-refractivity contribution in [2.75, 3.05) is 0 Å². The molecule has 4 heteroatoms. The number of aliphatic hydroxyl groups excluding tert-OH is 1. The van der Waals surface area contributed by atoms with Crippen LogP contribution in [-0.4, -0.2) is 20.3 Å². The van der Waals surface area contributed by atoms with Crippen molar-refractivity contribution in [3.05, 3.63) is 72.3 Å². The number of rotatable bonds is 5. The van der Waals surface area contributed by atoms with Gasteiger partial charge in [-0.3, -0.25) is 10.1 Å². The van der Waals surface area contributed by atoms with Gasteiger partial charge < -0.3 is 5.11 Å². The van der Waals surface area contributed by atoms with E-state index in [0.29, 0.717) is 0 Å². The maximum absolute atomic E-state index is 10.7. The number of aliphatic hydroxyl groups is 1. The summed E-state index contributed by atoms with van der Waals surface area (Å²) in [5.41, 5.74) is 3.91. The van der Waals surface area contributed by atoms with E-state index in [1.807, 2.05) is 30.3 Å². The van der Waals surface area contributed by atoms with E-state index in [9.17, 15) is 5.11 Å². The van der Waals surface area contributed by atoms with Crippen molar-refractivity contribution < 1.29 is 5.11 Å². The van der Waals surface area contributed by atoms with E-state index in [2.05, 4.69) is 34.2 Å². The van der Waals surface area contributed by atoms with Gasteiger partial charge in [0.15, 0.2) is 0 Å². The molecule has 2 unspecified atom stereocenters. The Morgan fingerprint density at radius 3 is 2.55 bits per heavy atom. The molecule has 0 fully saturated rings. The minimum Gasteiger partial charge on any atom is -0.387 e. The maximum atomic E-state index is 10.7. The van der Waals surface area contributed by atoms with Gasteiger partial charge in [0, 0.05) is 18.0 Å². The predicted molar refractivity (Wildman–Crippen MR) is 86.1 cm³/mol. The third-order valence-corrected chi connectivity index (χ3v) is 3.90. The predicted octanol–water partition coefficient (Wildman–Crippen LogP) is 3.38. The van der Waals surface area contributed by atoms with Crippen LogP contribution in [0.5, 0.6) is 0 Å². The molecule has 4 nitrogen and oxygen atoms in total. The number of H-pyrrole nitrogens is 1. The van der Waals surface area contributed by atoms with Crippen LogP contribution in [0.2, 0.25) is 0 Å². The second-order valence-corrected chi connectivity index (χ2v) is 5.55. The summed E-state index contributed by atoms with van der Waals surface area (Å²) in [6.45, 7) is 2.05. The van der Waals surface area contributed by atoms with E-state index in [1.54, 1.807) is 18.6 Å². The topological polar surface area (TPSA) is 61.8 Å². The Hall–Kier alpha value is -2.46. The lowest BCUT2D eigenvalue weighted by Crippen LogP contribution is -2.13. The molecule has 1 aromatic carbocycles. The zero-order valence-corrected chi connectivity index (χ0v) is 12.5. The van der Waals surface area contributed by atoms with Crippen LogP contribution in [0, 0.1) is 5.92 Å². The fraction of sp³-hybridized carbons (Fsp3) is 0.222. The molecule has 0 spiro atoms. The minimum absolute atomic E-state index is 0.0865. The molecule has 0 aliphatic rings. The van der Waals surface area contributed by atoms with Crippen LogP contribution in [0.4, 0.5) is 0 Å². The second kappa shape index (κ2) is 6.54. The van der Waals surface area contributed by atoms with Crippen molar-refractivity contribution in [2.24, 2.45) is 5.92 Å². The molecule has 0 saturated carbocycles. The molecule has 0 aliphatic carbocycles. The Bertz CT molecular complexity index is 709. The standard InChI is InChI=1S/C18H19N3O/c1-13(11-14-5-3-2-4-6-14)18(22)17-16(12-20-21-17)15-7-9-19-10-8-15/h2-10,12-13,18,22H,11H2,1H3,(H,20,21). The fourth-order valence-electron chi connectivity index (χ4n) is 2.67. The van der Waals surface area contributed by atoms with Crippen molar-refractivity contribution in [2.45, 2.75) is 19.4 Å². The molecule has 3 rings (SSSR count). The average Bonchev–Trinajstić information content (AvgIpc) is 3.05. The van der Waals surface area contributed by atoms with Gasteiger partial charge in [-0.1, -0.05) is 37.3 Å². The number of nitrogens with one attached hydrogen (secondary N) is 1. The third-order valence-electron chi connectivity index (χ3n) is 3.90. The van der Waals surface area contributed by atoms with Gasteiger partial charge in [0.1, 0.15) is 0 Å². The molecule has 22 heavy (non-hydrogen) atoms. The van der Waals surface area contributed by atoms with Gasteiger partial charge in [-0.15, -0.1) is 0 Å². The number of benzene rings is 1. The van der Waals surface area contributed by atoms with E-state index >= 15 is 0 Å². The normalized spacial score (nSPS) is 13.7. The van der Waals surface area contributed by atoms with Crippen LogP contribution in [-0.2, 0) is 6.42 Å². The largest absolute Gasteiger partial charge is 0.387 e. The zero-order chi connectivity index (χ0) is 15.4. The monoisotopic (exact) mass is 293 g/mol. The van der Waals surface area contributed by atoms with Crippen LogP contribution < -0.4 is 0 Å². The highest BCUT2D eigenvalue weighted by Gasteiger charge is 2.22. The lowest BCUT2D eigenvalue weighted by Gasteiger charge is -2.19. The van der Waals surface area contributed by atoms with Gasteiger partial charge in [0.05, 0.1) is 18.0 Å². The number of hydrogen-bond acceptors (Lipinski definition) is 3. The number of pyridine rings is 1. The summed E-state index contributed by atoms with van der Waals surface area (Å²) in [7, 11) is 0. The molecule has 2 atom stereocenters. The van der Waals surface area contributed by atoms with Crippen molar-refractivity contribution >= 4 is 0 Å². The molecule has 3 aromatic rings. The summed E-state index contributed by atoms with van der Waals surface area (Å²) in [4.78, 5) is 4.03. The molecular formula is C18H19N3O. The number of hydrogen-bond donors (Lipinski definition) is 2. The SMILES string of the molecule is CC(Cc1ccccc1)C(O)c1[nH]ncc1-c1ccncc1. The molecule has 0 radical (unpaired) electrons.